The number of nitrogens with zero attached hydrogens (tertiary/aromatic N) is 5. The molecule has 0 spiro atoms. The third-order valence-corrected chi connectivity index (χ3v) is 7.56. The fourth-order valence-corrected chi connectivity index (χ4v) is 5.29. The molecule has 2 aliphatic heterocycles. The van der Waals surface area contributed by atoms with E-state index < -0.39 is 11.6 Å². The van der Waals surface area contributed by atoms with Crippen molar-refractivity contribution in [3.05, 3.63) is 77.1 Å². The number of piperazine rings is 1. The van der Waals surface area contributed by atoms with Crippen LogP contribution in [0, 0.1) is 18.6 Å². The highest BCUT2D eigenvalue weighted by molar-refractivity contribution is 5.79. The Bertz CT molecular complexity index is 1510. The molecule has 2 aromatic carbocycles. The van der Waals surface area contributed by atoms with Crippen molar-refractivity contribution in [3.8, 4) is 5.69 Å². The van der Waals surface area contributed by atoms with Gasteiger partial charge in [-0.05, 0) is 54.8 Å². The highest BCUT2D eigenvalue weighted by Crippen LogP contribution is 2.26. The Kier molecular flexibility index (Phi) is 6.97. The first kappa shape index (κ1) is 25.4. The van der Waals surface area contributed by atoms with Gasteiger partial charge in [-0.15, -0.1) is 0 Å². The molecule has 10 heteroatoms. The van der Waals surface area contributed by atoms with Gasteiger partial charge in [0.2, 0.25) is 11.9 Å². The number of halogens is 2. The molecule has 202 valence electrons. The van der Waals surface area contributed by atoms with Gasteiger partial charge in [-0.25, -0.2) is 13.8 Å². The number of aryl methyl sites for hydroxylation is 1. The van der Waals surface area contributed by atoms with E-state index in [1.165, 1.54) is 28.2 Å². The van der Waals surface area contributed by atoms with E-state index in [9.17, 15) is 4.79 Å². The van der Waals surface area contributed by atoms with Crippen LogP contribution in [0.15, 0.2) is 48.8 Å². The standard InChI is InChI=1S/C29H31F2N7O/c1-19-4-5-22(13-21(19)17-36-11-7-32-8-12-36)34-29-33-16-20-6-10-38(28(20)35-29)23-14-25(30)24(26(31)15-23)18-37-9-2-3-27(37)39/h4-6,10,13-16,32H,2-3,7-9,11-12,17-18H2,1H3,(H,33,34,35). The van der Waals surface area contributed by atoms with Gasteiger partial charge >= 0.3 is 0 Å². The van der Waals surface area contributed by atoms with E-state index in [1.807, 2.05) is 12.1 Å². The van der Waals surface area contributed by atoms with Crippen LogP contribution in [-0.4, -0.2) is 63.0 Å². The van der Waals surface area contributed by atoms with Crippen molar-refractivity contribution < 1.29 is 13.6 Å². The summed E-state index contributed by atoms with van der Waals surface area (Å²) in [6.45, 7) is 7.49. The molecule has 0 unspecified atom stereocenters. The summed E-state index contributed by atoms with van der Waals surface area (Å²) in [5, 5.41) is 7.42. The predicted molar refractivity (Wildman–Crippen MR) is 146 cm³/mol. The van der Waals surface area contributed by atoms with Crippen LogP contribution in [-0.2, 0) is 17.9 Å². The summed E-state index contributed by atoms with van der Waals surface area (Å²) in [6, 6.07) is 10.6. The van der Waals surface area contributed by atoms with Crippen LogP contribution in [0.25, 0.3) is 16.7 Å². The highest BCUT2D eigenvalue weighted by Gasteiger charge is 2.24. The molecule has 2 N–H and O–H groups in total. The fraction of sp³-hybridized carbons (Fsp3) is 0.345. The molecular formula is C29H31F2N7O. The van der Waals surface area contributed by atoms with Gasteiger partial charge in [0.25, 0.3) is 0 Å². The molecule has 39 heavy (non-hydrogen) atoms. The monoisotopic (exact) mass is 531 g/mol. The predicted octanol–water partition coefficient (Wildman–Crippen LogP) is 4.28. The second kappa shape index (κ2) is 10.7. The molecule has 2 saturated heterocycles. The third-order valence-electron chi connectivity index (χ3n) is 7.56. The Labute approximate surface area is 225 Å². The van der Waals surface area contributed by atoms with Crippen LogP contribution in [0.3, 0.4) is 0 Å². The zero-order valence-electron chi connectivity index (χ0n) is 21.9. The van der Waals surface area contributed by atoms with Crippen LogP contribution < -0.4 is 10.6 Å². The van der Waals surface area contributed by atoms with Crippen molar-refractivity contribution in [2.24, 2.45) is 0 Å². The summed E-state index contributed by atoms with van der Waals surface area (Å²) in [4.78, 5) is 25.0. The largest absolute Gasteiger partial charge is 0.338 e. The molecule has 0 aliphatic carbocycles. The summed E-state index contributed by atoms with van der Waals surface area (Å²) >= 11 is 0. The van der Waals surface area contributed by atoms with E-state index in [-0.39, 0.29) is 18.0 Å². The van der Waals surface area contributed by atoms with Gasteiger partial charge in [0.05, 0.1) is 12.2 Å². The van der Waals surface area contributed by atoms with Crippen molar-refractivity contribution in [2.45, 2.75) is 32.9 Å². The maximum Gasteiger partial charge on any atom is 0.229 e. The zero-order valence-corrected chi connectivity index (χ0v) is 21.9. The van der Waals surface area contributed by atoms with Crippen LogP contribution in [0.2, 0.25) is 0 Å². The van der Waals surface area contributed by atoms with Crippen molar-refractivity contribution in [3.63, 3.8) is 0 Å². The summed E-state index contributed by atoms with van der Waals surface area (Å²) in [5.41, 5.74) is 4.09. The second-order valence-electron chi connectivity index (χ2n) is 10.3. The number of fused-ring (bicyclic) bond motifs is 1. The number of benzene rings is 2. The number of amides is 1. The van der Waals surface area contributed by atoms with Crippen molar-refractivity contribution >= 4 is 28.6 Å². The Hall–Kier alpha value is -3.89. The van der Waals surface area contributed by atoms with Gasteiger partial charge < -0.3 is 20.1 Å². The lowest BCUT2D eigenvalue weighted by Crippen LogP contribution is -2.43. The van der Waals surface area contributed by atoms with E-state index in [0.717, 1.165) is 43.8 Å². The Morgan fingerprint density at radius 2 is 1.82 bits per heavy atom. The van der Waals surface area contributed by atoms with E-state index in [2.05, 4.69) is 44.6 Å². The average Bonchev–Trinajstić information content (AvgIpc) is 3.54. The molecule has 0 radical (unpaired) electrons. The number of hydrogen-bond acceptors (Lipinski definition) is 6. The minimum atomic E-state index is -0.685. The molecule has 4 heterocycles. The van der Waals surface area contributed by atoms with E-state index >= 15 is 8.78 Å². The number of aromatic nitrogens is 3. The van der Waals surface area contributed by atoms with E-state index in [4.69, 9.17) is 0 Å². The maximum absolute atomic E-state index is 15.0. The molecule has 8 nitrogen and oxygen atoms in total. The van der Waals surface area contributed by atoms with Crippen LogP contribution in [0.4, 0.5) is 20.4 Å². The number of rotatable bonds is 7. The fourth-order valence-electron chi connectivity index (χ4n) is 5.29. The van der Waals surface area contributed by atoms with Gasteiger partial charge in [-0.1, -0.05) is 6.07 Å². The molecule has 0 saturated carbocycles. The van der Waals surface area contributed by atoms with Gasteiger partial charge in [-0.3, -0.25) is 9.69 Å². The minimum absolute atomic E-state index is 0.0629. The van der Waals surface area contributed by atoms with Crippen LogP contribution >= 0.6 is 0 Å². The number of likely N-dealkylation sites (tertiary alicyclic amines) is 1. The molecule has 2 aromatic heterocycles. The molecule has 1 amide bonds. The molecule has 0 atom stereocenters. The smallest absolute Gasteiger partial charge is 0.229 e. The molecule has 2 fully saturated rings. The number of anilines is 2. The lowest BCUT2D eigenvalue weighted by atomic mass is 10.1. The lowest BCUT2D eigenvalue weighted by molar-refractivity contribution is -0.128. The second-order valence-corrected chi connectivity index (χ2v) is 10.3. The quantitative estimate of drug-likeness (QED) is 0.371. The van der Waals surface area contributed by atoms with Crippen LogP contribution in [0.1, 0.15) is 29.5 Å². The Morgan fingerprint density at radius 3 is 2.56 bits per heavy atom. The normalized spacial score (nSPS) is 16.4. The summed E-state index contributed by atoms with van der Waals surface area (Å²) in [6.07, 6.45) is 4.55. The SMILES string of the molecule is Cc1ccc(Nc2ncc3ccn(-c4cc(F)c(CN5CCCC5=O)c(F)c4)c3n2)cc1CN1CCNCC1. The topological polar surface area (TPSA) is 78.3 Å². The highest BCUT2D eigenvalue weighted by atomic mass is 19.1. The zero-order chi connectivity index (χ0) is 26.9. The van der Waals surface area contributed by atoms with Gasteiger partial charge in [0.1, 0.15) is 17.3 Å². The van der Waals surface area contributed by atoms with Crippen LogP contribution in [0.5, 0.6) is 0 Å². The Balaban J connectivity index is 1.25. The van der Waals surface area contributed by atoms with E-state index in [1.54, 1.807) is 17.0 Å². The van der Waals surface area contributed by atoms with Gasteiger partial charge in [0, 0.05) is 74.7 Å². The van der Waals surface area contributed by atoms with Gasteiger partial charge in [-0.2, -0.15) is 4.98 Å². The summed E-state index contributed by atoms with van der Waals surface area (Å²) in [5.74, 6) is -1.05. The number of carbonyl (C=O) groups is 1. The summed E-state index contributed by atoms with van der Waals surface area (Å²) in [7, 11) is 0. The van der Waals surface area contributed by atoms with Crippen molar-refractivity contribution in [1.29, 1.82) is 0 Å². The van der Waals surface area contributed by atoms with E-state index in [0.29, 0.717) is 36.7 Å². The first-order valence-corrected chi connectivity index (χ1v) is 13.3. The maximum atomic E-state index is 15.0. The van der Waals surface area contributed by atoms with Gasteiger partial charge in [0.15, 0.2) is 0 Å². The molecule has 6 rings (SSSR count). The Morgan fingerprint density at radius 1 is 1.03 bits per heavy atom. The molecule has 4 aromatic rings. The molecule has 2 aliphatic rings. The number of carbonyl (C=O) groups excluding carboxylic acids is 1. The first-order chi connectivity index (χ1) is 18.9. The molecule has 0 bridgehead atoms. The average molecular weight is 532 g/mol. The third kappa shape index (κ3) is 5.35. The van der Waals surface area contributed by atoms with Crippen molar-refractivity contribution in [1.82, 2.24) is 29.7 Å². The first-order valence-electron chi connectivity index (χ1n) is 13.3. The number of nitrogens with one attached hydrogen (secondary N) is 2. The summed E-state index contributed by atoms with van der Waals surface area (Å²) < 4.78 is 31.7. The lowest BCUT2D eigenvalue weighted by Gasteiger charge is -2.28. The minimum Gasteiger partial charge on any atom is -0.338 e. The number of hydrogen-bond donors (Lipinski definition) is 2. The molecular weight excluding hydrogens is 500 g/mol. The van der Waals surface area contributed by atoms with Crippen molar-refractivity contribution in [2.75, 3.05) is 38.0 Å².